The van der Waals surface area contributed by atoms with Crippen molar-refractivity contribution in [3.63, 3.8) is 0 Å². The minimum absolute atomic E-state index is 0.0244. The molecule has 1 aliphatic heterocycles. The number of nitrogens with one attached hydrogen (secondary N) is 1. The van der Waals surface area contributed by atoms with Gasteiger partial charge in [0.2, 0.25) is 11.8 Å². The number of rotatable bonds is 3. The molecule has 0 aliphatic carbocycles. The molecule has 2 aromatic rings. The van der Waals surface area contributed by atoms with E-state index in [1.807, 2.05) is 0 Å². The number of halogens is 1. The molecule has 0 fully saturated rings. The minimum Gasteiger partial charge on any atom is -0.322 e. The van der Waals surface area contributed by atoms with Gasteiger partial charge in [0, 0.05) is 7.05 Å². The number of hydrogen-bond acceptors (Lipinski definition) is 5. The van der Waals surface area contributed by atoms with Crippen molar-refractivity contribution in [3.8, 4) is 0 Å². The SMILES string of the molecule is CN1C(=O)CSc2cnn(CC(=O)Nc3ccccc3F)c(=O)c21. The molecule has 0 atom stereocenters. The zero-order chi connectivity index (χ0) is 17.3. The molecule has 1 aromatic carbocycles. The van der Waals surface area contributed by atoms with Crippen LogP contribution in [0.5, 0.6) is 0 Å². The lowest BCUT2D eigenvalue weighted by molar-refractivity contribution is -0.117. The second-order valence-electron chi connectivity index (χ2n) is 5.09. The van der Waals surface area contributed by atoms with Crippen LogP contribution < -0.4 is 15.8 Å². The summed E-state index contributed by atoms with van der Waals surface area (Å²) in [7, 11) is 1.51. The predicted octanol–water partition coefficient (Wildman–Crippen LogP) is 1.09. The molecule has 1 N–H and O–H groups in total. The quantitative estimate of drug-likeness (QED) is 0.898. The summed E-state index contributed by atoms with van der Waals surface area (Å²) in [5, 5.41) is 6.33. The van der Waals surface area contributed by atoms with Gasteiger partial charge in [-0.1, -0.05) is 12.1 Å². The van der Waals surface area contributed by atoms with Gasteiger partial charge in [0.15, 0.2) is 0 Å². The number of hydrogen-bond donors (Lipinski definition) is 1. The number of aromatic nitrogens is 2. The molecule has 0 saturated carbocycles. The lowest BCUT2D eigenvalue weighted by atomic mass is 10.3. The fourth-order valence-electron chi connectivity index (χ4n) is 2.24. The summed E-state index contributed by atoms with van der Waals surface area (Å²) in [5.74, 6) is -1.12. The molecule has 0 bridgehead atoms. The molecule has 2 amide bonds. The molecule has 0 spiro atoms. The number of nitrogens with zero attached hydrogens (tertiary/aromatic N) is 3. The van der Waals surface area contributed by atoms with Crippen LogP contribution in [0.1, 0.15) is 0 Å². The molecule has 1 aliphatic rings. The largest absolute Gasteiger partial charge is 0.322 e. The molecule has 124 valence electrons. The molecule has 9 heteroatoms. The van der Waals surface area contributed by atoms with Crippen LogP contribution >= 0.6 is 11.8 Å². The zero-order valence-electron chi connectivity index (χ0n) is 12.7. The van der Waals surface area contributed by atoms with Crippen molar-refractivity contribution in [2.24, 2.45) is 0 Å². The van der Waals surface area contributed by atoms with E-state index in [1.54, 1.807) is 6.07 Å². The van der Waals surface area contributed by atoms with E-state index in [9.17, 15) is 18.8 Å². The Morgan fingerprint density at radius 3 is 2.88 bits per heavy atom. The van der Waals surface area contributed by atoms with Gasteiger partial charge in [-0.2, -0.15) is 5.10 Å². The Labute approximate surface area is 140 Å². The third-order valence-electron chi connectivity index (χ3n) is 3.49. The number of carbonyl (C=O) groups is 2. The van der Waals surface area contributed by atoms with E-state index in [0.29, 0.717) is 4.90 Å². The third kappa shape index (κ3) is 3.02. The van der Waals surface area contributed by atoms with E-state index in [0.717, 1.165) is 4.68 Å². The number of fused-ring (bicyclic) bond motifs is 1. The summed E-state index contributed by atoms with van der Waals surface area (Å²) in [6.45, 7) is -0.382. The fraction of sp³-hybridized carbons (Fsp3) is 0.200. The predicted molar refractivity (Wildman–Crippen MR) is 87.7 cm³/mol. The molecule has 1 aromatic heterocycles. The average Bonchev–Trinajstić information content (AvgIpc) is 2.55. The summed E-state index contributed by atoms with van der Waals surface area (Å²) >= 11 is 1.23. The maximum atomic E-state index is 13.5. The first-order valence-electron chi connectivity index (χ1n) is 7.01. The number of thioether (sulfide) groups is 1. The van der Waals surface area contributed by atoms with Crippen molar-refractivity contribution in [1.82, 2.24) is 9.78 Å². The highest BCUT2D eigenvalue weighted by Gasteiger charge is 2.26. The van der Waals surface area contributed by atoms with Crippen LogP contribution in [0.4, 0.5) is 15.8 Å². The van der Waals surface area contributed by atoms with E-state index in [4.69, 9.17) is 0 Å². The minimum atomic E-state index is -0.591. The zero-order valence-corrected chi connectivity index (χ0v) is 13.5. The van der Waals surface area contributed by atoms with Gasteiger partial charge < -0.3 is 10.2 Å². The highest BCUT2D eigenvalue weighted by Crippen LogP contribution is 2.30. The van der Waals surface area contributed by atoms with Crippen molar-refractivity contribution in [2.75, 3.05) is 23.0 Å². The van der Waals surface area contributed by atoms with Crippen LogP contribution in [0.15, 0.2) is 40.2 Å². The summed E-state index contributed by atoms with van der Waals surface area (Å²) in [4.78, 5) is 38.1. The first-order chi connectivity index (χ1) is 11.5. The smallest absolute Gasteiger partial charge is 0.292 e. The van der Waals surface area contributed by atoms with Crippen molar-refractivity contribution in [2.45, 2.75) is 11.4 Å². The van der Waals surface area contributed by atoms with Crippen molar-refractivity contribution in [3.05, 3.63) is 46.6 Å². The Morgan fingerprint density at radius 1 is 1.38 bits per heavy atom. The van der Waals surface area contributed by atoms with Crippen LogP contribution in [-0.2, 0) is 16.1 Å². The number of benzene rings is 1. The summed E-state index contributed by atoms with van der Waals surface area (Å²) in [6, 6.07) is 5.72. The average molecular weight is 348 g/mol. The van der Waals surface area contributed by atoms with E-state index >= 15 is 0 Å². The summed E-state index contributed by atoms with van der Waals surface area (Å²) < 4.78 is 14.5. The normalized spacial score (nSPS) is 13.6. The molecule has 0 radical (unpaired) electrons. The van der Waals surface area contributed by atoms with Gasteiger partial charge in [0.25, 0.3) is 5.56 Å². The molecule has 24 heavy (non-hydrogen) atoms. The van der Waals surface area contributed by atoms with Crippen molar-refractivity contribution in [1.29, 1.82) is 0 Å². The highest BCUT2D eigenvalue weighted by atomic mass is 32.2. The maximum absolute atomic E-state index is 13.5. The van der Waals surface area contributed by atoms with Crippen molar-refractivity contribution >= 4 is 35.0 Å². The van der Waals surface area contributed by atoms with Crippen molar-refractivity contribution < 1.29 is 14.0 Å². The van der Waals surface area contributed by atoms with Crippen LogP contribution in [-0.4, -0.2) is 34.4 Å². The van der Waals surface area contributed by atoms with Crippen LogP contribution in [0, 0.1) is 5.82 Å². The van der Waals surface area contributed by atoms with Gasteiger partial charge in [-0.15, -0.1) is 11.8 Å². The van der Waals surface area contributed by atoms with E-state index in [1.165, 1.54) is 48.1 Å². The lowest BCUT2D eigenvalue weighted by Crippen LogP contribution is -2.40. The number of carbonyl (C=O) groups excluding carboxylic acids is 2. The first kappa shape index (κ1) is 16.2. The molecule has 0 saturated heterocycles. The Balaban J connectivity index is 1.84. The highest BCUT2D eigenvalue weighted by molar-refractivity contribution is 8.00. The summed E-state index contributed by atoms with van der Waals surface area (Å²) in [5.41, 5.74) is -0.319. The number of amides is 2. The monoisotopic (exact) mass is 348 g/mol. The van der Waals surface area contributed by atoms with Crippen LogP contribution in [0.25, 0.3) is 0 Å². The van der Waals surface area contributed by atoms with Crippen LogP contribution in [0.2, 0.25) is 0 Å². The topological polar surface area (TPSA) is 84.3 Å². The van der Waals surface area contributed by atoms with Gasteiger partial charge >= 0.3 is 0 Å². The summed E-state index contributed by atoms with van der Waals surface area (Å²) in [6.07, 6.45) is 1.45. The Bertz CT molecular complexity index is 883. The van der Waals surface area contributed by atoms with E-state index < -0.39 is 17.3 Å². The molecule has 2 heterocycles. The van der Waals surface area contributed by atoms with Gasteiger partial charge in [-0.05, 0) is 12.1 Å². The molecule has 7 nitrogen and oxygen atoms in total. The van der Waals surface area contributed by atoms with Gasteiger partial charge in [0.1, 0.15) is 18.0 Å². The Morgan fingerprint density at radius 2 is 2.12 bits per heavy atom. The lowest BCUT2D eigenvalue weighted by Gasteiger charge is -2.24. The number of para-hydroxylation sites is 1. The number of anilines is 2. The molecular weight excluding hydrogens is 335 g/mol. The second kappa shape index (κ2) is 6.44. The van der Waals surface area contributed by atoms with Crippen LogP contribution in [0.3, 0.4) is 0 Å². The van der Waals surface area contributed by atoms with E-state index in [-0.39, 0.29) is 29.6 Å². The Hall–Kier alpha value is -2.68. The standard InChI is InChI=1S/C15H13FN4O3S/c1-19-13(22)8-24-11-6-17-20(15(23)14(11)19)7-12(21)18-10-5-3-2-4-9(10)16/h2-6H,7-8H2,1H3,(H,18,21). The Kier molecular flexibility index (Phi) is 4.34. The van der Waals surface area contributed by atoms with Gasteiger partial charge in [-0.3, -0.25) is 14.4 Å². The van der Waals surface area contributed by atoms with E-state index in [2.05, 4.69) is 10.4 Å². The second-order valence-corrected chi connectivity index (χ2v) is 6.11. The molecular formula is C15H13FN4O3S. The molecule has 0 unspecified atom stereocenters. The fourth-order valence-corrected chi connectivity index (χ4v) is 3.19. The van der Waals surface area contributed by atoms with Gasteiger partial charge in [-0.25, -0.2) is 9.07 Å². The maximum Gasteiger partial charge on any atom is 0.292 e. The van der Waals surface area contributed by atoms with Gasteiger partial charge in [0.05, 0.1) is 22.5 Å². The molecule has 3 rings (SSSR count). The third-order valence-corrected chi connectivity index (χ3v) is 4.49. The first-order valence-corrected chi connectivity index (χ1v) is 8.00.